The molecule has 4 rings (SSSR count). The van der Waals surface area contributed by atoms with E-state index in [1.54, 1.807) is 17.0 Å². The molecule has 2 aromatic rings. The number of carbonyl (C=O) groups excluding carboxylic acids is 2. The number of cyclic esters (lactones) is 1. The van der Waals surface area contributed by atoms with Gasteiger partial charge in [0.25, 0.3) is 5.91 Å². The molecule has 2 aliphatic heterocycles. The van der Waals surface area contributed by atoms with Gasteiger partial charge in [-0.2, -0.15) is 0 Å². The van der Waals surface area contributed by atoms with E-state index in [0.717, 1.165) is 11.3 Å². The highest BCUT2D eigenvalue weighted by Gasteiger charge is 2.51. The third-order valence-corrected chi connectivity index (χ3v) is 5.47. The number of carbonyl (C=O) groups is 2. The molecule has 0 N–H and O–H groups in total. The van der Waals surface area contributed by atoms with E-state index >= 15 is 0 Å². The van der Waals surface area contributed by atoms with Crippen LogP contribution in [0.3, 0.4) is 0 Å². The highest BCUT2D eigenvalue weighted by Crippen LogP contribution is 2.33. The molecule has 1 unspecified atom stereocenters. The van der Waals surface area contributed by atoms with E-state index < -0.39 is 5.54 Å². The minimum atomic E-state index is -0.521. The molecule has 1 atom stereocenters. The van der Waals surface area contributed by atoms with Crippen molar-refractivity contribution in [1.82, 2.24) is 9.80 Å². The highest BCUT2D eigenvalue weighted by atomic mass is 16.6. The smallest absolute Gasteiger partial charge is 0.410 e. The first-order chi connectivity index (χ1) is 14.0. The van der Waals surface area contributed by atoms with Crippen LogP contribution in [0, 0.1) is 0 Å². The molecule has 2 aliphatic rings. The number of piperazine rings is 1. The van der Waals surface area contributed by atoms with Gasteiger partial charge in [-0.05, 0) is 43.7 Å². The Labute approximate surface area is 171 Å². The van der Waals surface area contributed by atoms with Gasteiger partial charge in [0, 0.05) is 31.6 Å². The van der Waals surface area contributed by atoms with Crippen molar-refractivity contribution in [3.63, 3.8) is 0 Å². The van der Waals surface area contributed by atoms with Crippen LogP contribution in [0.5, 0.6) is 5.75 Å². The fourth-order valence-electron chi connectivity index (χ4n) is 4.14. The number of fused-ring (bicyclic) bond motifs is 1. The van der Waals surface area contributed by atoms with Crippen LogP contribution in [0.2, 0.25) is 0 Å². The number of ether oxygens (including phenoxy) is 2. The maximum absolute atomic E-state index is 13.1. The minimum absolute atomic E-state index is 0.0347. The molecule has 2 fully saturated rings. The summed E-state index contributed by atoms with van der Waals surface area (Å²) in [7, 11) is 0. The normalized spacial score (nSPS) is 21.1. The monoisotopic (exact) mass is 394 g/mol. The molecule has 0 radical (unpaired) electrons. The minimum Gasteiger partial charge on any atom is -0.491 e. The molecular weight excluding hydrogens is 368 g/mol. The first-order valence-corrected chi connectivity index (χ1v) is 10.0. The van der Waals surface area contributed by atoms with Crippen LogP contribution in [-0.2, 0) is 11.2 Å². The summed E-state index contributed by atoms with van der Waals surface area (Å²) < 4.78 is 11.1. The van der Waals surface area contributed by atoms with Gasteiger partial charge in [-0.15, -0.1) is 0 Å². The average molecular weight is 394 g/mol. The summed E-state index contributed by atoms with van der Waals surface area (Å²) in [6, 6.07) is 17.3. The van der Waals surface area contributed by atoms with Gasteiger partial charge in [0.1, 0.15) is 17.9 Å². The molecule has 0 saturated carbocycles. The lowest BCUT2D eigenvalue weighted by Crippen LogP contribution is -2.63. The standard InChI is InChI=1S/C23H26N2O4/c1-17(2)29-20-10-8-19(9-11-20)21(26)24-12-13-25-22(27)28-16-23(25,15-24)14-18-6-4-3-5-7-18/h3-11,17H,12-16H2,1-2H3. The first kappa shape index (κ1) is 19.3. The van der Waals surface area contributed by atoms with Gasteiger partial charge >= 0.3 is 6.09 Å². The molecule has 2 saturated heterocycles. The number of nitrogens with zero attached hydrogens (tertiary/aromatic N) is 2. The van der Waals surface area contributed by atoms with Gasteiger partial charge in [-0.1, -0.05) is 30.3 Å². The summed E-state index contributed by atoms with van der Waals surface area (Å²) in [5, 5.41) is 0. The summed E-state index contributed by atoms with van der Waals surface area (Å²) >= 11 is 0. The second-order valence-electron chi connectivity index (χ2n) is 8.01. The summed E-state index contributed by atoms with van der Waals surface area (Å²) in [4.78, 5) is 29.0. The van der Waals surface area contributed by atoms with Crippen molar-refractivity contribution < 1.29 is 19.1 Å². The van der Waals surface area contributed by atoms with Crippen LogP contribution in [0.4, 0.5) is 4.79 Å². The Morgan fingerprint density at radius 2 is 1.83 bits per heavy atom. The van der Waals surface area contributed by atoms with Crippen molar-refractivity contribution in [3.8, 4) is 5.75 Å². The van der Waals surface area contributed by atoms with Gasteiger partial charge in [0.05, 0.1) is 6.10 Å². The lowest BCUT2D eigenvalue weighted by atomic mass is 9.88. The maximum Gasteiger partial charge on any atom is 0.410 e. The van der Waals surface area contributed by atoms with Crippen molar-refractivity contribution >= 4 is 12.0 Å². The van der Waals surface area contributed by atoms with Crippen LogP contribution >= 0.6 is 0 Å². The third-order valence-electron chi connectivity index (χ3n) is 5.47. The van der Waals surface area contributed by atoms with Crippen molar-refractivity contribution in [2.75, 3.05) is 26.2 Å². The fourth-order valence-corrected chi connectivity index (χ4v) is 4.14. The van der Waals surface area contributed by atoms with E-state index in [-0.39, 0.29) is 18.1 Å². The summed E-state index contributed by atoms with van der Waals surface area (Å²) in [5.41, 5.74) is 1.22. The Bertz CT molecular complexity index is 882. The molecule has 29 heavy (non-hydrogen) atoms. The van der Waals surface area contributed by atoms with Crippen LogP contribution in [0.15, 0.2) is 54.6 Å². The number of rotatable bonds is 5. The van der Waals surface area contributed by atoms with Crippen molar-refractivity contribution in [3.05, 3.63) is 65.7 Å². The zero-order valence-electron chi connectivity index (χ0n) is 16.8. The Kier molecular flexibility index (Phi) is 5.18. The lowest BCUT2D eigenvalue weighted by molar-refractivity contribution is 0.0375. The Morgan fingerprint density at radius 3 is 2.52 bits per heavy atom. The Balaban J connectivity index is 1.53. The van der Waals surface area contributed by atoms with Crippen LogP contribution in [0.1, 0.15) is 29.8 Å². The maximum atomic E-state index is 13.1. The molecule has 0 spiro atoms. The largest absolute Gasteiger partial charge is 0.491 e. The predicted octanol–water partition coefficient (Wildman–Crippen LogP) is 3.36. The van der Waals surface area contributed by atoms with Crippen LogP contribution < -0.4 is 4.74 Å². The summed E-state index contributed by atoms with van der Waals surface area (Å²) in [5.74, 6) is 0.712. The van der Waals surface area contributed by atoms with Gasteiger partial charge in [-0.3, -0.25) is 9.69 Å². The second-order valence-corrected chi connectivity index (χ2v) is 8.01. The first-order valence-electron chi connectivity index (χ1n) is 10.0. The number of benzene rings is 2. The van der Waals surface area contributed by atoms with E-state index in [1.165, 1.54) is 0 Å². The second kappa shape index (κ2) is 7.78. The topological polar surface area (TPSA) is 59.1 Å². The van der Waals surface area contributed by atoms with E-state index in [9.17, 15) is 9.59 Å². The Hall–Kier alpha value is -3.02. The molecule has 0 aromatic heterocycles. The average Bonchev–Trinajstić information content (AvgIpc) is 3.04. The van der Waals surface area contributed by atoms with Crippen LogP contribution in [-0.4, -0.2) is 59.7 Å². The number of hydrogen-bond donors (Lipinski definition) is 0. The quantitative estimate of drug-likeness (QED) is 0.780. The van der Waals surface area contributed by atoms with Gasteiger partial charge in [-0.25, -0.2) is 4.79 Å². The number of amides is 2. The molecule has 6 heteroatoms. The van der Waals surface area contributed by atoms with E-state index in [2.05, 4.69) is 0 Å². The molecule has 152 valence electrons. The molecule has 6 nitrogen and oxygen atoms in total. The van der Waals surface area contributed by atoms with E-state index in [4.69, 9.17) is 9.47 Å². The fraction of sp³-hybridized carbons (Fsp3) is 0.391. The van der Waals surface area contributed by atoms with E-state index in [0.29, 0.717) is 38.2 Å². The van der Waals surface area contributed by atoms with Crippen LogP contribution in [0.25, 0.3) is 0 Å². The highest BCUT2D eigenvalue weighted by molar-refractivity contribution is 5.94. The summed E-state index contributed by atoms with van der Waals surface area (Å²) in [6.45, 7) is 5.66. The molecular formula is C23H26N2O4. The van der Waals surface area contributed by atoms with Crippen molar-refractivity contribution in [1.29, 1.82) is 0 Å². The molecule has 0 aliphatic carbocycles. The zero-order valence-corrected chi connectivity index (χ0v) is 16.8. The molecule has 0 bridgehead atoms. The Morgan fingerprint density at radius 1 is 1.10 bits per heavy atom. The van der Waals surface area contributed by atoms with E-state index in [1.807, 2.05) is 61.2 Å². The predicted molar refractivity (Wildman–Crippen MR) is 109 cm³/mol. The molecule has 2 aromatic carbocycles. The lowest BCUT2D eigenvalue weighted by Gasteiger charge is -2.44. The number of hydrogen-bond acceptors (Lipinski definition) is 4. The van der Waals surface area contributed by atoms with Crippen molar-refractivity contribution in [2.45, 2.75) is 31.9 Å². The summed E-state index contributed by atoms with van der Waals surface area (Å²) in [6.07, 6.45) is 0.454. The van der Waals surface area contributed by atoms with Gasteiger partial charge < -0.3 is 14.4 Å². The molecule has 2 amide bonds. The van der Waals surface area contributed by atoms with Gasteiger partial charge in [0.15, 0.2) is 0 Å². The third kappa shape index (κ3) is 3.92. The van der Waals surface area contributed by atoms with Gasteiger partial charge in [0.2, 0.25) is 0 Å². The SMILES string of the molecule is CC(C)Oc1ccc(C(=O)N2CCN3C(=O)OCC3(Cc3ccccc3)C2)cc1. The van der Waals surface area contributed by atoms with Crippen molar-refractivity contribution in [2.24, 2.45) is 0 Å². The zero-order chi connectivity index (χ0) is 20.4. The molecule has 2 heterocycles.